The maximum Gasteiger partial charge on any atom is 0.499 e. The monoisotopic (exact) mass is 304 g/mol. The van der Waals surface area contributed by atoms with Crippen LogP contribution in [-0.2, 0) is 9.31 Å². The molecule has 1 atom stereocenters. The van der Waals surface area contributed by atoms with Crippen molar-refractivity contribution in [2.24, 2.45) is 0 Å². The zero-order valence-corrected chi connectivity index (χ0v) is 14.3. The number of hydrogen-bond donors (Lipinski definition) is 0. The predicted molar refractivity (Wildman–Crippen MR) is 87.9 cm³/mol. The molecule has 1 aliphatic rings. The number of rotatable bonds is 5. The summed E-state index contributed by atoms with van der Waals surface area (Å²) in [5, 5.41) is 0. The molecular formula is C17H25BO4. The molecule has 1 unspecified atom stereocenters. The van der Waals surface area contributed by atoms with Gasteiger partial charge in [0.15, 0.2) is 0 Å². The summed E-state index contributed by atoms with van der Waals surface area (Å²) in [6.07, 6.45) is 1.76. The number of carbonyl (C=O) groups excluding carboxylic acids is 1. The zero-order valence-electron chi connectivity index (χ0n) is 14.3. The third-order valence-corrected chi connectivity index (χ3v) is 4.62. The maximum atomic E-state index is 11.4. The number of benzene rings is 1. The van der Waals surface area contributed by atoms with Gasteiger partial charge in [0.1, 0.15) is 12.0 Å². The van der Waals surface area contributed by atoms with Crippen LogP contribution in [0, 0.1) is 0 Å². The topological polar surface area (TPSA) is 44.8 Å². The molecule has 4 nitrogen and oxygen atoms in total. The van der Waals surface area contributed by atoms with Crippen LogP contribution in [0.15, 0.2) is 18.2 Å². The minimum absolute atomic E-state index is 0.0584. The Labute approximate surface area is 133 Å². The van der Waals surface area contributed by atoms with Gasteiger partial charge < -0.3 is 14.0 Å². The Hall–Kier alpha value is -1.33. The normalized spacial score (nSPS) is 20.7. The van der Waals surface area contributed by atoms with Crippen molar-refractivity contribution in [2.75, 3.05) is 0 Å². The molecule has 1 aromatic carbocycles. The van der Waals surface area contributed by atoms with Crippen LogP contribution in [0.25, 0.3) is 0 Å². The molecule has 22 heavy (non-hydrogen) atoms. The summed E-state index contributed by atoms with van der Waals surface area (Å²) in [7, 11) is -0.606. The fourth-order valence-electron chi connectivity index (χ4n) is 2.28. The molecule has 1 saturated heterocycles. The van der Waals surface area contributed by atoms with E-state index in [1.54, 1.807) is 6.07 Å². The van der Waals surface area contributed by atoms with Gasteiger partial charge in [0.2, 0.25) is 0 Å². The third-order valence-electron chi connectivity index (χ3n) is 4.62. The molecule has 0 radical (unpaired) electrons. The Bertz CT molecular complexity index is 538. The quantitative estimate of drug-likeness (QED) is 0.620. The summed E-state index contributed by atoms with van der Waals surface area (Å²) in [4.78, 5) is 11.4. The van der Waals surface area contributed by atoms with E-state index in [-0.39, 0.29) is 6.10 Å². The minimum Gasteiger partial charge on any atom is -0.491 e. The lowest BCUT2D eigenvalue weighted by Crippen LogP contribution is -2.41. The van der Waals surface area contributed by atoms with Gasteiger partial charge >= 0.3 is 7.12 Å². The lowest BCUT2D eigenvalue weighted by Gasteiger charge is -2.32. The van der Waals surface area contributed by atoms with Crippen molar-refractivity contribution >= 4 is 18.9 Å². The first-order chi connectivity index (χ1) is 10.2. The lowest BCUT2D eigenvalue weighted by molar-refractivity contribution is 0.00578. The molecule has 0 spiro atoms. The number of aldehydes is 1. The van der Waals surface area contributed by atoms with E-state index in [0.29, 0.717) is 16.8 Å². The van der Waals surface area contributed by atoms with Gasteiger partial charge in [0.05, 0.1) is 17.3 Å². The summed E-state index contributed by atoms with van der Waals surface area (Å²) < 4.78 is 18.1. The fraction of sp³-hybridized carbons (Fsp3) is 0.588. The van der Waals surface area contributed by atoms with E-state index < -0.39 is 18.3 Å². The Morgan fingerprint density at radius 2 is 1.82 bits per heavy atom. The summed E-state index contributed by atoms with van der Waals surface area (Å²) in [5.41, 5.74) is 0.304. The Morgan fingerprint density at radius 1 is 1.23 bits per heavy atom. The Morgan fingerprint density at radius 3 is 2.32 bits per heavy atom. The molecule has 5 heteroatoms. The molecule has 1 aromatic rings. The summed E-state index contributed by atoms with van der Waals surface area (Å²) in [5.74, 6) is 0.650. The highest BCUT2D eigenvalue weighted by Gasteiger charge is 2.53. The van der Waals surface area contributed by atoms with Crippen LogP contribution < -0.4 is 10.2 Å². The number of hydrogen-bond acceptors (Lipinski definition) is 4. The molecule has 2 rings (SSSR count). The van der Waals surface area contributed by atoms with E-state index >= 15 is 0 Å². The van der Waals surface area contributed by atoms with Crippen LogP contribution in [-0.4, -0.2) is 30.7 Å². The number of carbonyl (C=O) groups is 1. The first-order valence-electron chi connectivity index (χ1n) is 7.82. The average molecular weight is 304 g/mol. The van der Waals surface area contributed by atoms with Crippen LogP contribution >= 0.6 is 0 Å². The van der Waals surface area contributed by atoms with Gasteiger partial charge in [-0.25, -0.2) is 0 Å². The molecule has 0 amide bonds. The molecule has 1 heterocycles. The van der Waals surface area contributed by atoms with Crippen molar-refractivity contribution < 1.29 is 18.8 Å². The second kappa shape index (κ2) is 6.05. The highest BCUT2D eigenvalue weighted by molar-refractivity contribution is 6.64. The van der Waals surface area contributed by atoms with Crippen LogP contribution in [0.5, 0.6) is 5.75 Å². The first kappa shape index (κ1) is 17.0. The van der Waals surface area contributed by atoms with Crippen molar-refractivity contribution in [2.45, 2.75) is 65.3 Å². The summed E-state index contributed by atoms with van der Waals surface area (Å²) in [6.45, 7) is 12.0. The second-order valence-corrected chi connectivity index (χ2v) is 6.80. The van der Waals surface area contributed by atoms with E-state index in [0.717, 1.165) is 12.7 Å². The summed E-state index contributed by atoms with van der Waals surface area (Å²) in [6, 6.07) is 5.44. The van der Waals surface area contributed by atoms with Crippen LogP contribution in [0.2, 0.25) is 0 Å². The van der Waals surface area contributed by atoms with Crippen molar-refractivity contribution in [3.05, 3.63) is 23.8 Å². The molecule has 0 aromatic heterocycles. The highest BCUT2D eigenvalue weighted by atomic mass is 16.7. The molecule has 0 aliphatic carbocycles. The van der Waals surface area contributed by atoms with Gasteiger partial charge in [0, 0.05) is 11.0 Å². The molecular weight excluding hydrogens is 279 g/mol. The van der Waals surface area contributed by atoms with Gasteiger partial charge in [-0.05, 0) is 47.1 Å². The molecule has 120 valence electrons. The summed E-state index contributed by atoms with van der Waals surface area (Å²) >= 11 is 0. The molecule has 1 aliphatic heterocycles. The van der Waals surface area contributed by atoms with Gasteiger partial charge in [0.25, 0.3) is 0 Å². The van der Waals surface area contributed by atoms with Crippen LogP contribution in [0.3, 0.4) is 0 Å². The van der Waals surface area contributed by atoms with Crippen LogP contribution in [0.4, 0.5) is 0 Å². The SMILES string of the molecule is CCC(C)Oc1cccc(C=O)c1B1OC(C)(C)C(C)(C)O1. The van der Waals surface area contributed by atoms with Crippen molar-refractivity contribution in [1.29, 1.82) is 0 Å². The van der Waals surface area contributed by atoms with Crippen molar-refractivity contribution in [1.82, 2.24) is 0 Å². The molecule has 0 N–H and O–H groups in total. The minimum atomic E-state index is -0.606. The van der Waals surface area contributed by atoms with E-state index in [9.17, 15) is 4.79 Å². The molecule has 1 fully saturated rings. The standard InChI is InChI=1S/C17H25BO4/c1-7-12(2)20-14-10-8-9-13(11-19)15(14)18-21-16(3,4)17(5,6)22-18/h8-12H,7H2,1-6H3. The Balaban J connectivity index is 2.43. The van der Waals surface area contributed by atoms with E-state index in [1.165, 1.54) is 0 Å². The molecule has 0 bridgehead atoms. The lowest BCUT2D eigenvalue weighted by atomic mass is 9.75. The van der Waals surface area contributed by atoms with Crippen LogP contribution in [0.1, 0.15) is 58.3 Å². The van der Waals surface area contributed by atoms with Crippen molar-refractivity contribution in [3.8, 4) is 5.75 Å². The van der Waals surface area contributed by atoms with Gasteiger partial charge in [-0.1, -0.05) is 19.1 Å². The predicted octanol–water partition coefficient (Wildman–Crippen LogP) is 2.98. The molecule has 0 saturated carbocycles. The Kier molecular flexibility index (Phi) is 4.69. The third kappa shape index (κ3) is 3.06. The average Bonchev–Trinajstić information content (AvgIpc) is 2.66. The van der Waals surface area contributed by atoms with E-state index in [1.807, 2.05) is 46.8 Å². The first-order valence-corrected chi connectivity index (χ1v) is 7.82. The van der Waals surface area contributed by atoms with E-state index in [2.05, 4.69) is 6.92 Å². The second-order valence-electron chi connectivity index (χ2n) is 6.80. The van der Waals surface area contributed by atoms with E-state index in [4.69, 9.17) is 14.0 Å². The van der Waals surface area contributed by atoms with Gasteiger partial charge in [-0.15, -0.1) is 0 Å². The zero-order chi connectivity index (χ0) is 16.5. The largest absolute Gasteiger partial charge is 0.499 e. The number of ether oxygens (including phenoxy) is 1. The highest BCUT2D eigenvalue weighted by Crippen LogP contribution is 2.37. The van der Waals surface area contributed by atoms with Gasteiger partial charge in [-0.3, -0.25) is 4.79 Å². The smallest absolute Gasteiger partial charge is 0.491 e. The fourth-order valence-corrected chi connectivity index (χ4v) is 2.28. The maximum absolute atomic E-state index is 11.4. The van der Waals surface area contributed by atoms with Crippen molar-refractivity contribution in [3.63, 3.8) is 0 Å². The van der Waals surface area contributed by atoms with Gasteiger partial charge in [-0.2, -0.15) is 0 Å².